The summed E-state index contributed by atoms with van der Waals surface area (Å²) in [6.07, 6.45) is 1.58. The second-order valence-electron chi connectivity index (χ2n) is 11.9. The Labute approximate surface area is 200 Å². The lowest BCUT2D eigenvalue weighted by molar-refractivity contribution is -0.167. The Morgan fingerprint density at radius 1 is 0.970 bits per heavy atom. The third-order valence-corrected chi connectivity index (χ3v) is 7.09. The molecule has 0 saturated heterocycles. The summed E-state index contributed by atoms with van der Waals surface area (Å²) in [4.78, 5) is 40.3. The topological polar surface area (TPSA) is 63.7 Å². The second kappa shape index (κ2) is 9.46. The van der Waals surface area contributed by atoms with E-state index in [1.807, 2.05) is 38.1 Å². The van der Waals surface area contributed by atoms with Crippen LogP contribution >= 0.6 is 0 Å². The Kier molecular flexibility index (Phi) is 7.70. The summed E-state index contributed by atoms with van der Waals surface area (Å²) < 4.78 is 5.08. The van der Waals surface area contributed by atoms with Crippen molar-refractivity contribution in [3.8, 4) is 11.5 Å². The largest absolute Gasteiger partial charge is 0.469 e. The standard InChI is InChI=1S/C27H39NO4Si/c1-20(29)28(16-22-12-10-21(11-13-22)14-15-33(7,8)9)23(30)26(4)17-25(2,3)18-27(5,19-26)24(31)32-6/h10-13H,16-19H2,1-9H3/t26-,27-/m1/s1. The number of rotatable bonds is 4. The molecule has 2 rings (SSSR count). The molecule has 5 nitrogen and oxygen atoms in total. The van der Waals surface area contributed by atoms with E-state index in [9.17, 15) is 14.4 Å². The van der Waals surface area contributed by atoms with E-state index in [1.54, 1.807) is 0 Å². The van der Waals surface area contributed by atoms with Gasteiger partial charge in [0.05, 0.1) is 19.1 Å². The summed E-state index contributed by atoms with van der Waals surface area (Å²) in [5.41, 5.74) is 3.27. The maximum absolute atomic E-state index is 13.8. The van der Waals surface area contributed by atoms with Crippen LogP contribution in [0.1, 0.15) is 65.0 Å². The number of benzene rings is 1. The summed E-state index contributed by atoms with van der Waals surface area (Å²) in [5, 5.41) is 0. The molecule has 1 aromatic carbocycles. The van der Waals surface area contributed by atoms with Gasteiger partial charge in [-0.05, 0) is 49.3 Å². The number of hydrogen-bond acceptors (Lipinski definition) is 4. The number of carbonyl (C=O) groups excluding carboxylic acids is 3. The molecule has 1 aromatic rings. The normalized spacial score (nSPS) is 24.3. The molecule has 1 aliphatic rings. The molecule has 0 spiro atoms. The van der Waals surface area contributed by atoms with Crippen molar-refractivity contribution in [3.05, 3.63) is 35.4 Å². The van der Waals surface area contributed by atoms with Crippen molar-refractivity contribution in [1.82, 2.24) is 4.90 Å². The molecule has 0 N–H and O–H groups in total. The zero-order chi connectivity index (χ0) is 25.2. The Bertz CT molecular complexity index is 980. The van der Waals surface area contributed by atoms with Crippen LogP contribution in [0.5, 0.6) is 0 Å². The molecule has 2 amide bonds. The molecule has 1 saturated carbocycles. The van der Waals surface area contributed by atoms with E-state index in [0.29, 0.717) is 19.3 Å². The highest BCUT2D eigenvalue weighted by Gasteiger charge is 2.55. The molecule has 0 aliphatic heterocycles. The van der Waals surface area contributed by atoms with Gasteiger partial charge in [0.15, 0.2) is 0 Å². The molecule has 2 atom stereocenters. The number of amides is 2. The number of esters is 1. The van der Waals surface area contributed by atoms with E-state index in [4.69, 9.17) is 4.74 Å². The lowest BCUT2D eigenvalue weighted by Crippen LogP contribution is -2.53. The van der Waals surface area contributed by atoms with Gasteiger partial charge >= 0.3 is 5.97 Å². The summed E-state index contributed by atoms with van der Waals surface area (Å²) >= 11 is 0. The number of methoxy groups -OCH3 is 1. The molecule has 0 aromatic heterocycles. The quantitative estimate of drug-likeness (QED) is 0.346. The van der Waals surface area contributed by atoms with Crippen molar-refractivity contribution in [3.63, 3.8) is 0 Å². The lowest BCUT2D eigenvalue weighted by atomic mass is 9.54. The van der Waals surface area contributed by atoms with E-state index in [1.165, 1.54) is 18.9 Å². The van der Waals surface area contributed by atoms with Crippen LogP contribution in [0, 0.1) is 27.7 Å². The van der Waals surface area contributed by atoms with E-state index >= 15 is 0 Å². The van der Waals surface area contributed by atoms with Gasteiger partial charge in [-0.1, -0.05) is 58.5 Å². The molecule has 180 valence electrons. The highest BCUT2D eigenvalue weighted by molar-refractivity contribution is 6.83. The number of carbonyl (C=O) groups is 3. The Hall–Kier alpha value is -2.39. The van der Waals surface area contributed by atoms with Crippen molar-refractivity contribution in [2.24, 2.45) is 16.2 Å². The van der Waals surface area contributed by atoms with Crippen molar-refractivity contribution in [2.75, 3.05) is 7.11 Å². The van der Waals surface area contributed by atoms with Gasteiger partial charge in [-0.2, -0.15) is 0 Å². The molecule has 6 heteroatoms. The first kappa shape index (κ1) is 26.9. The SMILES string of the molecule is COC(=O)[C@]1(C)CC(C)(C)C[C@@](C)(C(=O)N(Cc2ccc(C#C[Si](C)(C)C)cc2)C(C)=O)C1. The minimum absolute atomic E-state index is 0.195. The minimum Gasteiger partial charge on any atom is -0.469 e. The van der Waals surface area contributed by atoms with Crippen LogP contribution in [0.3, 0.4) is 0 Å². The average Bonchev–Trinajstić information content (AvgIpc) is 2.67. The molecule has 0 heterocycles. The van der Waals surface area contributed by atoms with Crippen LogP contribution in [0.4, 0.5) is 0 Å². The third kappa shape index (κ3) is 6.80. The molecule has 1 aliphatic carbocycles. The molecule has 33 heavy (non-hydrogen) atoms. The van der Waals surface area contributed by atoms with Gasteiger partial charge < -0.3 is 4.74 Å². The predicted molar refractivity (Wildman–Crippen MR) is 134 cm³/mol. The van der Waals surface area contributed by atoms with E-state index in [0.717, 1.165) is 11.1 Å². The number of ether oxygens (including phenoxy) is 1. The van der Waals surface area contributed by atoms with E-state index in [2.05, 4.69) is 45.0 Å². The smallest absolute Gasteiger partial charge is 0.311 e. The van der Waals surface area contributed by atoms with Crippen LogP contribution in [0.2, 0.25) is 19.6 Å². The van der Waals surface area contributed by atoms with Crippen LogP contribution in [0.25, 0.3) is 0 Å². The maximum atomic E-state index is 13.8. The van der Waals surface area contributed by atoms with Gasteiger partial charge in [-0.25, -0.2) is 0 Å². The Balaban J connectivity index is 2.31. The summed E-state index contributed by atoms with van der Waals surface area (Å²) in [7, 11) is -0.0807. The van der Waals surface area contributed by atoms with Gasteiger partial charge in [-0.3, -0.25) is 19.3 Å². The van der Waals surface area contributed by atoms with Crippen LogP contribution in [-0.4, -0.2) is 37.9 Å². The first-order valence-electron chi connectivity index (χ1n) is 11.5. The fourth-order valence-electron chi connectivity index (χ4n) is 5.49. The zero-order valence-electron chi connectivity index (χ0n) is 21.7. The number of imide groups is 1. The van der Waals surface area contributed by atoms with Crippen molar-refractivity contribution < 1.29 is 19.1 Å². The third-order valence-electron chi connectivity index (χ3n) is 6.21. The second-order valence-corrected chi connectivity index (χ2v) is 16.7. The highest BCUT2D eigenvalue weighted by atomic mass is 28.3. The minimum atomic E-state index is -1.46. The fraction of sp³-hybridized carbons (Fsp3) is 0.593. The monoisotopic (exact) mass is 469 g/mol. The van der Waals surface area contributed by atoms with Crippen molar-refractivity contribution >= 4 is 25.9 Å². The summed E-state index contributed by atoms with van der Waals surface area (Å²) in [5.74, 6) is 2.38. The van der Waals surface area contributed by atoms with Gasteiger partial charge in [0.1, 0.15) is 8.07 Å². The van der Waals surface area contributed by atoms with Gasteiger partial charge in [0.2, 0.25) is 11.8 Å². The lowest BCUT2D eigenvalue weighted by Gasteiger charge is -2.50. The molecule has 0 bridgehead atoms. The first-order chi connectivity index (χ1) is 15.0. The molecular formula is C27H39NO4Si. The molecule has 1 fully saturated rings. The van der Waals surface area contributed by atoms with Gasteiger partial charge in [0.25, 0.3) is 0 Å². The number of hydrogen-bond donors (Lipinski definition) is 0. The summed E-state index contributed by atoms with van der Waals surface area (Å²) in [6, 6.07) is 7.71. The van der Waals surface area contributed by atoms with E-state index in [-0.39, 0.29) is 29.7 Å². The molecule has 0 radical (unpaired) electrons. The van der Waals surface area contributed by atoms with Gasteiger partial charge in [-0.15, -0.1) is 5.54 Å². The van der Waals surface area contributed by atoms with Crippen molar-refractivity contribution in [1.29, 1.82) is 0 Å². The van der Waals surface area contributed by atoms with Crippen molar-refractivity contribution in [2.45, 2.75) is 80.1 Å². The van der Waals surface area contributed by atoms with Crippen LogP contribution in [0.15, 0.2) is 24.3 Å². The van der Waals surface area contributed by atoms with Crippen LogP contribution < -0.4 is 0 Å². The number of nitrogens with zero attached hydrogens (tertiary/aromatic N) is 1. The Morgan fingerprint density at radius 2 is 1.52 bits per heavy atom. The van der Waals surface area contributed by atoms with E-state index < -0.39 is 18.9 Å². The first-order valence-corrected chi connectivity index (χ1v) is 15.0. The average molecular weight is 470 g/mol. The Morgan fingerprint density at radius 3 is 2.00 bits per heavy atom. The summed E-state index contributed by atoms with van der Waals surface area (Å²) in [6.45, 7) is 16.1. The predicted octanol–water partition coefficient (Wildman–Crippen LogP) is 5.19. The fourth-order valence-corrected chi connectivity index (χ4v) is 6.01. The maximum Gasteiger partial charge on any atom is 0.311 e. The molecule has 0 unspecified atom stereocenters. The zero-order valence-corrected chi connectivity index (χ0v) is 22.7. The molecular weight excluding hydrogens is 430 g/mol. The van der Waals surface area contributed by atoms with Gasteiger partial charge in [0, 0.05) is 17.9 Å². The van der Waals surface area contributed by atoms with Crippen LogP contribution in [-0.2, 0) is 25.7 Å². The highest BCUT2D eigenvalue weighted by Crippen LogP contribution is 2.55.